The summed E-state index contributed by atoms with van der Waals surface area (Å²) in [7, 11) is 0. The van der Waals surface area contributed by atoms with Crippen LogP contribution in [0.2, 0.25) is 0 Å². The van der Waals surface area contributed by atoms with E-state index in [9.17, 15) is 4.79 Å². The van der Waals surface area contributed by atoms with Gasteiger partial charge in [-0.3, -0.25) is 4.79 Å². The molecular weight excluding hydrogens is 126 g/mol. The average molecular weight is 140 g/mol. The molecule has 0 spiro atoms. The summed E-state index contributed by atoms with van der Waals surface area (Å²) in [5.74, 6) is 0.278. The first-order valence-electron chi connectivity index (χ1n) is 3.84. The largest absolute Gasteiger partial charge is 0.337 e. The first kappa shape index (κ1) is 7.48. The predicted octanol–water partition coefficient (Wildman–Crippen LogP) is -0.143. The number of quaternary nitrogens is 1. The topological polar surface area (TPSA) is 33.7 Å². The van der Waals surface area contributed by atoms with E-state index >= 15 is 0 Å². The van der Waals surface area contributed by atoms with Gasteiger partial charge in [-0.05, 0) is 13.0 Å². The van der Waals surface area contributed by atoms with Crippen molar-refractivity contribution in [2.45, 2.75) is 25.8 Å². The number of rotatable bonds is 2. The minimum absolute atomic E-state index is 0.233. The molecule has 0 aromatic heterocycles. The zero-order chi connectivity index (χ0) is 7.40. The van der Waals surface area contributed by atoms with E-state index in [0.29, 0.717) is 0 Å². The lowest BCUT2D eigenvalue weighted by Crippen LogP contribution is -2.88. The van der Waals surface area contributed by atoms with E-state index in [0.717, 1.165) is 13.0 Å². The van der Waals surface area contributed by atoms with Crippen LogP contribution in [0, 0.1) is 0 Å². The number of carbonyl (C=O) groups is 1. The van der Waals surface area contributed by atoms with Gasteiger partial charge < -0.3 is 5.32 Å². The number of ketones is 1. The van der Waals surface area contributed by atoms with Crippen molar-refractivity contribution in [1.82, 2.24) is 0 Å². The highest BCUT2D eigenvalue weighted by atomic mass is 16.1. The van der Waals surface area contributed by atoms with Gasteiger partial charge in [0.05, 0.1) is 6.54 Å². The minimum atomic E-state index is 0.233. The summed E-state index contributed by atoms with van der Waals surface area (Å²) >= 11 is 0. The minimum Gasteiger partial charge on any atom is -0.337 e. The summed E-state index contributed by atoms with van der Waals surface area (Å²) < 4.78 is 0. The Morgan fingerprint density at radius 2 is 2.50 bits per heavy atom. The van der Waals surface area contributed by atoms with Crippen LogP contribution in [0.1, 0.15) is 19.8 Å². The molecule has 1 rings (SSSR count). The van der Waals surface area contributed by atoms with E-state index in [1.807, 2.05) is 13.0 Å². The van der Waals surface area contributed by atoms with Gasteiger partial charge in [0.1, 0.15) is 6.04 Å². The first-order chi connectivity index (χ1) is 4.84. The number of hydrogen-bond donors (Lipinski definition) is 1. The van der Waals surface area contributed by atoms with E-state index in [-0.39, 0.29) is 11.8 Å². The van der Waals surface area contributed by atoms with Crippen LogP contribution in [-0.4, -0.2) is 18.4 Å². The van der Waals surface area contributed by atoms with Crippen LogP contribution in [0.3, 0.4) is 0 Å². The van der Waals surface area contributed by atoms with Gasteiger partial charge in [-0.15, -0.1) is 0 Å². The van der Waals surface area contributed by atoms with Crippen molar-refractivity contribution in [2.24, 2.45) is 0 Å². The van der Waals surface area contributed by atoms with Gasteiger partial charge in [0.15, 0.2) is 0 Å². The highest BCUT2D eigenvalue weighted by molar-refractivity contribution is 5.93. The predicted molar refractivity (Wildman–Crippen MR) is 39.6 cm³/mol. The Kier molecular flexibility index (Phi) is 2.63. The van der Waals surface area contributed by atoms with Gasteiger partial charge in [0, 0.05) is 12.8 Å². The third kappa shape index (κ3) is 1.67. The van der Waals surface area contributed by atoms with Gasteiger partial charge in [-0.1, -0.05) is 6.08 Å². The molecule has 1 atom stereocenters. The molecular formula is C8H14NO+. The molecule has 0 radical (unpaired) electrons. The molecule has 0 amide bonds. The molecule has 1 fully saturated rings. The second kappa shape index (κ2) is 3.52. The summed E-state index contributed by atoms with van der Waals surface area (Å²) in [5.41, 5.74) is 0. The quantitative estimate of drug-likeness (QED) is 0.532. The maximum atomic E-state index is 11.1. The molecule has 1 aliphatic rings. The standard InChI is InChI=1S/C8H13NO/c1-2-4-8(10)7-5-3-6-9-7/h2,4,7,9H,3,5-6H2,1H3/p+1. The van der Waals surface area contributed by atoms with E-state index in [1.54, 1.807) is 6.08 Å². The molecule has 0 bridgehead atoms. The number of carbonyl (C=O) groups excluding carboxylic acids is 1. The molecule has 0 aromatic rings. The second-order valence-corrected chi connectivity index (χ2v) is 2.68. The molecule has 1 saturated heterocycles. The summed E-state index contributed by atoms with van der Waals surface area (Å²) in [6.45, 7) is 3.00. The molecule has 0 saturated carbocycles. The van der Waals surface area contributed by atoms with Crippen LogP contribution in [0.5, 0.6) is 0 Å². The third-order valence-electron chi connectivity index (χ3n) is 1.87. The van der Waals surface area contributed by atoms with Gasteiger partial charge in [-0.25, -0.2) is 0 Å². The second-order valence-electron chi connectivity index (χ2n) is 2.68. The van der Waals surface area contributed by atoms with E-state index < -0.39 is 0 Å². The van der Waals surface area contributed by atoms with Crippen molar-refractivity contribution >= 4 is 5.78 Å². The lowest BCUT2D eigenvalue weighted by molar-refractivity contribution is -0.656. The molecule has 0 aromatic carbocycles. The Hall–Kier alpha value is -0.630. The molecule has 2 nitrogen and oxygen atoms in total. The fourth-order valence-corrected chi connectivity index (χ4v) is 1.32. The molecule has 2 heteroatoms. The van der Waals surface area contributed by atoms with Crippen LogP contribution in [0.25, 0.3) is 0 Å². The van der Waals surface area contributed by atoms with E-state index in [2.05, 4.69) is 5.32 Å². The lowest BCUT2D eigenvalue weighted by atomic mass is 10.1. The number of nitrogens with two attached hydrogens (primary N) is 1. The van der Waals surface area contributed by atoms with Crippen molar-refractivity contribution in [3.8, 4) is 0 Å². The zero-order valence-electron chi connectivity index (χ0n) is 6.34. The smallest absolute Gasteiger partial charge is 0.212 e. The van der Waals surface area contributed by atoms with Crippen molar-refractivity contribution < 1.29 is 10.1 Å². The molecule has 10 heavy (non-hydrogen) atoms. The number of allylic oxidation sites excluding steroid dienone is 1. The fourth-order valence-electron chi connectivity index (χ4n) is 1.32. The highest BCUT2D eigenvalue weighted by Gasteiger charge is 2.23. The molecule has 56 valence electrons. The van der Waals surface area contributed by atoms with Crippen LogP contribution in [0.4, 0.5) is 0 Å². The number of hydrogen-bond acceptors (Lipinski definition) is 1. The summed E-state index contributed by atoms with van der Waals surface area (Å²) in [6.07, 6.45) is 5.73. The Morgan fingerprint density at radius 1 is 1.70 bits per heavy atom. The molecule has 1 unspecified atom stereocenters. The van der Waals surface area contributed by atoms with Gasteiger partial charge in [-0.2, -0.15) is 0 Å². The Bertz CT molecular complexity index is 145. The maximum Gasteiger partial charge on any atom is 0.212 e. The normalized spacial score (nSPS) is 25.9. The van der Waals surface area contributed by atoms with Crippen LogP contribution < -0.4 is 5.32 Å². The van der Waals surface area contributed by atoms with E-state index in [4.69, 9.17) is 0 Å². The molecule has 0 aliphatic carbocycles. The van der Waals surface area contributed by atoms with Gasteiger partial charge in [0.25, 0.3) is 0 Å². The summed E-state index contributed by atoms with van der Waals surface area (Å²) in [4.78, 5) is 11.1. The highest BCUT2D eigenvalue weighted by Crippen LogP contribution is 1.98. The van der Waals surface area contributed by atoms with Crippen molar-refractivity contribution in [3.63, 3.8) is 0 Å². The van der Waals surface area contributed by atoms with Crippen molar-refractivity contribution in [1.29, 1.82) is 0 Å². The SMILES string of the molecule is CC=CC(=O)C1CCC[NH2+]1. The lowest BCUT2D eigenvalue weighted by Gasteiger charge is -1.99. The average Bonchev–Trinajstić information content (AvgIpc) is 2.38. The van der Waals surface area contributed by atoms with E-state index in [1.165, 1.54) is 6.42 Å². The van der Waals surface area contributed by atoms with Gasteiger partial charge >= 0.3 is 0 Å². The molecule has 1 heterocycles. The van der Waals surface area contributed by atoms with Crippen LogP contribution in [0.15, 0.2) is 12.2 Å². The van der Waals surface area contributed by atoms with Crippen molar-refractivity contribution in [2.75, 3.05) is 6.54 Å². The summed E-state index contributed by atoms with van der Waals surface area (Å²) in [6, 6.07) is 0.233. The Labute approximate surface area is 61.3 Å². The van der Waals surface area contributed by atoms with Crippen LogP contribution >= 0.6 is 0 Å². The fraction of sp³-hybridized carbons (Fsp3) is 0.625. The Balaban J connectivity index is 2.40. The maximum absolute atomic E-state index is 11.1. The summed E-state index contributed by atoms with van der Waals surface area (Å²) in [5, 5.41) is 2.13. The zero-order valence-corrected chi connectivity index (χ0v) is 6.34. The monoisotopic (exact) mass is 140 g/mol. The van der Waals surface area contributed by atoms with Crippen molar-refractivity contribution in [3.05, 3.63) is 12.2 Å². The van der Waals surface area contributed by atoms with Gasteiger partial charge in [0.2, 0.25) is 5.78 Å². The molecule has 2 N–H and O–H groups in total. The van der Waals surface area contributed by atoms with Crippen LogP contribution in [-0.2, 0) is 4.79 Å². The molecule has 1 aliphatic heterocycles. The third-order valence-corrected chi connectivity index (χ3v) is 1.87. The Morgan fingerprint density at radius 3 is 3.00 bits per heavy atom. The first-order valence-corrected chi connectivity index (χ1v) is 3.84.